The highest BCUT2D eigenvalue weighted by atomic mass is 17.2. The molecule has 0 aliphatic heterocycles. The Balaban J connectivity index is 0.806. The number of aliphatic carboxylic acids is 1. The maximum absolute atomic E-state index is 13.3. The molecule has 0 aromatic rings. The van der Waals surface area contributed by atoms with Crippen molar-refractivity contribution in [1.82, 2.24) is 0 Å². The third-order valence-corrected chi connectivity index (χ3v) is 15.3. The molecule has 0 heterocycles. The highest BCUT2D eigenvalue weighted by Gasteiger charge is 2.42. The SMILES string of the molecule is CC(C)(COC1CCC(OOCC2CCC(CC3CCCCC3)CC2COO)CC1)COC1CCC(OC(=O)C2CCC(CC3CCCCC3)CC2C(=O)O)CC1. The molecule has 0 spiro atoms. The van der Waals surface area contributed by atoms with Crippen molar-refractivity contribution in [2.45, 2.75) is 205 Å². The normalized spacial score (nSPS) is 35.1. The predicted molar refractivity (Wildman–Crippen MR) is 218 cm³/mol. The van der Waals surface area contributed by atoms with Gasteiger partial charge in [-0.3, -0.25) is 14.8 Å². The summed E-state index contributed by atoms with van der Waals surface area (Å²) in [4.78, 5) is 42.0. The van der Waals surface area contributed by atoms with Crippen LogP contribution in [-0.2, 0) is 38.5 Å². The summed E-state index contributed by atoms with van der Waals surface area (Å²) in [6.45, 7) is 6.60. The summed E-state index contributed by atoms with van der Waals surface area (Å²) in [7, 11) is 0. The number of rotatable bonds is 19. The molecule has 6 atom stereocenters. The summed E-state index contributed by atoms with van der Waals surface area (Å²) in [5.74, 6) is 1.18. The van der Waals surface area contributed by atoms with Gasteiger partial charge in [0.1, 0.15) is 6.10 Å². The molecule has 0 aromatic heterocycles. The quantitative estimate of drug-likeness (QED) is 0.0739. The predicted octanol–water partition coefficient (Wildman–Crippen LogP) is 10.7. The Hall–Kier alpha value is -1.30. The first-order chi connectivity index (χ1) is 27.6. The first kappa shape index (κ1) is 45.2. The van der Waals surface area contributed by atoms with E-state index in [0.717, 1.165) is 94.8 Å². The Morgan fingerprint density at radius 1 is 0.544 bits per heavy atom. The van der Waals surface area contributed by atoms with Crippen LogP contribution in [0.5, 0.6) is 0 Å². The monoisotopic (exact) mass is 805 g/mol. The lowest BCUT2D eigenvalue weighted by Gasteiger charge is -2.37. The van der Waals surface area contributed by atoms with Gasteiger partial charge in [-0.1, -0.05) is 84.5 Å². The molecule has 0 saturated heterocycles. The van der Waals surface area contributed by atoms with Crippen LogP contribution < -0.4 is 0 Å². The van der Waals surface area contributed by atoms with Gasteiger partial charge < -0.3 is 19.3 Å². The minimum absolute atomic E-state index is 0.0929. The van der Waals surface area contributed by atoms with E-state index in [0.29, 0.717) is 57.0 Å². The summed E-state index contributed by atoms with van der Waals surface area (Å²) < 4.78 is 18.8. The second-order valence-corrected chi connectivity index (χ2v) is 20.6. The van der Waals surface area contributed by atoms with Gasteiger partial charge >= 0.3 is 11.9 Å². The van der Waals surface area contributed by atoms with Crippen LogP contribution in [0.1, 0.15) is 181 Å². The molecule has 0 aromatic carbocycles. The zero-order valence-electron chi connectivity index (χ0n) is 35.8. The minimum atomic E-state index is -0.840. The van der Waals surface area contributed by atoms with Gasteiger partial charge in [-0.05, 0) is 132 Å². The molecule has 57 heavy (non-hydrogen) atoms. The Labute approximate surface area is 344 Å². The second kappa shape index (κ2) is 23.1. The summed E-state index contributed by atoms with van der Waals surface area (Å²) in [5.41, 5.74) is -0.119. The van der Waals surface area contributed by atoms with E-state index in [1.165, 1.54) is 77.0 Å². The summed E-state index contributed by atoms with van der Waals surface area (Å²) in [5, 5.41) is 19.3. The number of carboxylic acid groups (broad SMARTS) is 1. The number of esters is 1. The van der Waals surface area contributed by atoms with E-state index >= 15 is 0 Å². The lowest BCUT2D eigenvalue weighted by molar-refractivity contribution is -0.341. The van der Waals surface area contributed by atoms with Crippen molar-refractivity contribution in [3.63, 3.8) is 0 Å². The van der Waals surface area contributed by atoms with Crippen LogP contribution in [0, 0.1) is 52.8 Å². The van der Waals surface area contributed by atoms with Gasteiger partial charge in [0.05, 0.1) is 56.6 Å². The Morgan fingerprint density at radius 2 is 1.07 bits per heavy atom. The highest BCUT2D eigenvalue weighted by molar-refractivity contribution is 5.81. The Morgan fingerprint density at radius 3 is 1.63 bits per heavy atom. The van der Waals surface area contributed by atoms with Gasteiger partial charge in [0.15, 0.2) is 0 Å². The van der Waals surface area contributed by atoms with Crippen LogP contribution >= 0.6 is 0 Å². The zero-order valence-corrected chi connectivity index (χ0v) is 35.8. The van der Waals surface area contributed by atoms with E-state index < -0.39 is 17.8 Å². The molecular formula is C47H80O10. The average Bonchev–Trinajstić information content (AvgIpc) is 3.22. The molecule has 6 saturated carbocycles. The fourth-order valence-electron chi connectivity index (χ4n) is 11.8. The smallest absolute Gasteiger partial charge is 0.310 e. The van der Waals surface area contributed by atoms with E-state index in [-0.39, 0.29) is 35.8 Å². The standard InChI is InChI=1S/C47H80O10/c1-47(2,31-52-39-16-20-41(21-17-39)56-46(50)43-24-14-36(28-44(43)45(48)49)26-34-11-7-4-8-12-34)32-53-40-18-22-42(23-19-40)57-55-30-37-15-13-35(27-38(37)29-54-51)25-33-9-5-3-6-10-33/h33-44,51H,3-32H2,1-2H3,(H,48,49). The lowest BCUT2D eigenvalue weighted by atomic mass is 9.70. The number of hydrogen-bond donors (Lipinski definition) is 2. The van der Waals surface area contributed by atoms with Gasteiger partial charge in [-0.2, -0.15) is 0 Å². The topological polar surface area (TPSA) is 130 Å². The third-order valence-electron chi connectivity index (χ3n) is 15.3. The van der Waals surface area contributed by atoms with Gasteiger partial charge in [0.25, 0.3) is 0 Å². The molecule has 0 bridgehead atoms. The Bertz CT molecular complexity index is 1170. The van der Waals surface area contributed by atoms with Crippen molar-refractivity contribution in [1.29, 1.82) is 0 Å². The van der Waals surface area contributed by atoms with Crippen LogP contribution in [0.15, 0.2) is 0 Å². The number of ether oxygens (including phenoxy) is 3. The molecule has 10 nitrogen and oxygen atoms in total. The molecule has 6 fully saturated rings. The second-order valence-electron chi connectivity index (χ2n) is 20.6. The maximum atomic E-state index is 13.3. The number of hydrogen-bond acceptors (Lipinski definition) is 9. The van der Waals surface area contributed by atoms with Crippen molar-refractivity contribution in [3.8, 4) is 0 Å². The van der Waals surface area contributed by atoms with Crippen molar-refractivity contribution in [2.75, 3.05) is 26.4 Å². The van der Waals surface area contributed by atoms with Crippen molar-refractivity contribution >= 4 is 11.9 Å². The van der Waals surface area contributed by atoms with E-state index in [9.17, 15) is 20.0 Å². The van der Waals surface area contributed by atoms with Crippen LogP contribution in [-0.4, -0.2) is 73.1 Å². The van der Waals surface area contributed by atoms with E-state index in [2.05, 4.69) is 18.7 Å². The minimum Gasteiger partial charge on any atom is -0.481 e. The van der Waals surface area contributed by atoms with Gasteiger partial charge in [-0.15, -0.1) is 0 Å². The van der Waals surface area contributed by atoms with Gasteiger partial charge in [0, 0.05) is 5.41 Å². The zero-order chi connectivity index (χ0) is 40.0. The van der Waals surface area contributed by atoms with Crippen LogP contribution in [0.2, 0.25) is 0 Å². The number of carbonyl (C=O) groups excluding carboxylic acids is 1. The van der Waals surface area contributed by atoms with Crippen molar-refractivity contribution in [3.05, 3.63) is 0 Å². The van der Waals surface area contributed by atoms with Gasteiger partial charge in [-0.25, -0.2) is 14.7 Å². The molecule has 6 aliphatic carbocycles. The number of carboxylic acids is 1. The van der Waals surface area contributed by atoms with Crippen LogP contribution in [0.3, 0.4) is 0 Å². The molecule has 6 unspecified atom stereocenters. The average molecular weight is 805 g/mol. The molecule has 10 heteroatoms. The molecule has 0 radical (unpaired) electrons. The van der Waals surface area contributed by atoms with E-state index in [4.69, 9.17) is 24.0 Å². The fourth-order valence-corrected chi connectivity index (χ4v) is 11.8. The fraction of sp³-hybridized carbons (Fsp3) is 0.957. The van der Waals surface area contributed by atoms with Crippen LogP contribution in [0.4, 0.5) is 0 Å². The highest BCUT2D eigenvalue weighted by Crippen LogP contribution is 2.42. The van der Waals surface area contributed by atoms with E-state index in [1.54, 1.807) is 0 Å². The summed E-state index contributed by atoms with van der Waals surface area (Å²) in [6.07, 6.45) is 28.8. The van der Waals surface area contributed by atoms with Crippen molar-refractivity contribution < 1.29 is 48.8 Å². The molecule has 2 N–H and O–H groups in total. The largest absolute Gasteiger partial charge is 0.481 e. The molecule has 328 valence electrons. The first-order valence-electron chi connectivity index (χ1n) is 23.8. The molecule has 0 amide bonds. The number of carbonyl (C=O) groups is 2. The Kier molecular flexibility index (Phi) is 18.3. The maximum Gasteiger partial charge on any atom is 0.310 e. The van der Waals surface area contributed by atoms with Gasteiger partial charge in [0.2, 0.25) is 0 Å². The van der Waals surface area contributed by atoms with Crippen LogP contribution in [0.25, 0.3) is 0 Å². The first-order valence-corrected chi connectivity index (χ1v) is 23.8. The summed E-state index contributed by atoms with van der Waals surface area (Å²) in [6, 6.07) is 0. The van der Waals surface area contributed by atoms with Crippen molar-refractivity contribution in [2.24, 2.45) is 52.8 Å². The van der Waals surface area contributed by atoms with E-state index in [1.807, 2.05) is 0 Å². The molecule has 6 aliphatic rings. The molecule has 6 rings (SSSR count). The molecular weight excluding hydrogens is 725 g/mol. The summed E-state index contributed by atoms with van der Waals surface area (Å²) >= 11 is 0. The third kappa shape index (κ3) is 14.7. The lowest BCUT2D eigenvalue weighted by Crippen LogP contribution is -2.39.